The van der Waals surface area contributed by atoms with Crippen LogP contribution >= 0.6 is 0 Å². The number of nitrogens with one attached hydrogen (secondary N) is 2. The summed E-state index contributed by atoms with van der Waals surface area (Å²) in [6, 6.07) is 1.34. The third-order valence-corrected chi connectivity index (χ3v) is 3.32. The minimum Gasteiger partial charge on any atom is -0.381 e. The van der Waals surface area contributed by atoms with E-state index in [1.54, 1.807) is 7.11 Å². The summed E-state index contributed by atoms with van der Waals surface area (Å²) in [6.07, 6.45) is 3.97. The molecule has 1 fully saturated rings. The molecule has 0 radical (unpaired) electrons. The number of anilines is 1. The predicted molar refractivity (Wildman–Crippen MR) is 67.9 cm³/mol. The predicted octanol–water partition coefficient (Wildman–Crippen LogP) is 0.804. The van der Waals surface area contributed by atoms with Gasteiger partial charge in [0.05, 0.1) is 11.7 Å². The Balaban J connectivity index is 2.04. The summed E-state index contributed by atoms with van der Waals surface area (Å²) in [5.41, 5.74) is 2.05. The van der Waals surface area contributed by atoms with Gasteiger partial charge in [-0.05, 0) is 25.3 Å². The van der Waals surface area contributed by atoms with Crippen LogP contribution in [-0.4, -0.2) is 30.1 Å². The number of pyridine rings is 1. The van der Waals surface area contributed by atoms with Crippen molar-refractivity contribution in [3.8, 4) is 0 Å². The number of aromatic nitrogens is 1. The summed E-state index contributed by atoms with van der Waals surface area (Å²) in [4.78, 5) is 15.7. The molecule has 7 heteroatoms. The standard InChI is InChI=1S/C12H17FN4O2/c1-19-8-3-2-7(6-8)16-12(18)9-4-5-15-11(17-14)10(9)13/h4-5,7-8H,2-3,6,14H2,1H3,(H,15,17)(H,16,18). The highest BCUT2D eigenvalue weighted by Gasteiger charge is 2.27. The number of nitrogens with two attached hydrogens (primary N) is 1. The fourth-order valence-electron chi connectivity index (χ4n) is 2.27. The van der Waals surface area contributed by atoms with Gasteiger partial charge >= 0.3 is 0 Å². The second-order valence-corrected chi connectivity index (χ2v) is 4.51. The second kappa shape index (κ2) is 5.94. The molecule has 0 aromatic carbocycles. The molecule has 0 saturated heterocycles. The highest BCUT2D eigenvalue weighted by Crippen LogP contribution is 2.22. The molecule has 6 nitrogen and oxygen atoms in total. The molecule has 1 saturated carbocycles. The van der Waals surface area contributed by atoms with Crippen molar-refractivity contribution in [2.45, 2.75) is 31.4 Å². The lowest BCUT2D eigenvalue weighted by Crippen LogP contribution is -2.34. The molecule has 0 spiro atoms. The van der Waals surface area contributed by atoms with E-state index in [0.717, 1.165) is 19.3 Å². The maximum absolute atomic E-state index is 13.8. The molecule has 1 heterocycles. The molecule has 2 unspecified atom stereocenters. The normalized spacial score (nSPS) is 22.3. The first-order chi connectivity index (χ1) is 9.15. The molecule has 1 aromatic rings. The van der Waals surface area contributed by atoms with Crippen LogP contribution in [-0.2, 0) is 4.74 Å². The van der Waals surface area contributed by atoms with Crippen LogP contribution < -0.4 is 16.6 Å². The average molecular weight is 268 g/mol. The van der Waals surface area contributed by atoms with Gasteiger partial charge in [0.2, 0.25) is 0 Å². The van der Waals surface area contributed by atoms with Crippen molar-refractivity contribution in [1.29, 1.82) is 0 Å². The molecule has 2 atom stereocenters. The van der Waals surface area contributed by atoms with E-state index in [-0.39, 0.29) is 23.5 Å². The van der Waals surface area contributed by atoms with Crippen molar-refractivity contribution in [2.75, 3.05) is 12.5 Å². The van der Waals surface area contributed by atoms with Crippen molar-refractivity contribution in [1.82, 2.24) is 10.3 Å². The second-order valence-electron chi connectivity index (χ2n) is 4.51. The topological polar surface area (TPSA) is 89.3 Å². The lowest BCUT2D eigenvalue weighted by atomic mass is 10.2. The Morgan fingerprint density at radius 1 is 1.58 bits per heavy atom. The number of carbonyl (C=O) groups is 1. The zero-order valence-corrected chi connectivity index (χ0v) is 10.6. The number of carbonyl (C=O) groups excluding carboxylic acids is 1. The number of ether oxygens (including phenoxy) is 1. The first-order valence-electron chi connectivity index (χ1n) is 6.10. The molecular formula is C12H17FN4O2. The van der Waals surface area contributed by atoms with E-state index in [1.807, 2.05) is 0 Å². The number of hydrogen-bond donors (Lipinski definition) is 3. The van der Waals surface area contributed by atoms with Gasteiger partial charge in [-0.15, -0.1) is 0 Å². The van der Waals surface area contributed by atoms with Crippen molar-refractivity contribution >= 4 is 11.7 Å². The molecule has 1 aromatic heterocycles. The number of amides is 1. The lowest BCUT2D eigenvalue weighted by Gasteiger charge is -2.13. The lowest BCUT2D eigenvalue weighted by molar-refractivity contribution is 0.0911. The maximum atomic E-state index is 13.8. The van der Waals surface area contributed by atoms with Gasteiger partial charge in [-0.1, -0.05) is 0 Å². The number of nitrogens with zero attached hydrogens (tertiary/aromatic N) is 1. The first kappa shape index (κ1) is 13.7. The summed E-state index contributed by atoms with van der Waals surface area (Å²) in [6.45, 7) is 0. The molecule has 2 rings (SSSR count). The molecule has 1 amide bonds. The largest absolute Gasteiger partial charge is 0.381 e. The monoisotopic (exact) mass is 268 g/mol. The summed E-state index contributed by atoms with van der Waals surface area (Å²) in [5.74, 6) is 3.77. The Morgan fingerprint density at radius 2 is 2.37 bits per heavy atom. The molecule has 1 aliphatic carbocycles. The number of methoxy groups -OCH3 is 1. The molecular weight excluding hydrogens is 251 g/mol. The highest BCUT2D eigenvalue weighted by atomic mass is 19.1. The number of rotatable bonds is 4. The van der Waals surface area contributed by atoms with Gasteiger partial charge in [-0.2, -0.15) is 0 Å². The van der Waals surface area contributed by atoms with Crippen LogP contribution in [0.4, 0.5) is 10.2 Å². The quantitative estimate of drug-likeness (QED) is 0.555. The number of hydrazine groups is 1. The minimum atomic E-state index is -0.746. The van der Waals surface area contributed by atoms with Crippen LogP contribution in [0.25, 0.3) is 0 Å². The van der Waals surface area contributed by atoms with Crippen molar-refractivity contribution in [3.05, 3.63) is 23.6 Å². The molecule has 1 aliphatic rings. The van der Waals surface area contributed by atoms with E-state index in [0.29, 0.717) is 0 Å². The fourth-order valence-corrected chi connectivity index (χ4v) is 2.27. The van der Waals surface area contributed by atoms with Gasteiger partial charge in [0, 0.05) is 19.3 Å². The molecule has 19 heavy (non-hydrogen) atoms. The maximum Gasteiger partial charge on any atom is 0.254 e. The Hall–Kier alpha value is -1.73. The van der Waals surface area contributed by atoms with E-state index in [9.17, 15) is 9.18 Å². The Morgan fingerprint density at radius 3 is 3.00 bits per heavy atom. The van der Waals surface area contributed by atoms with Crippen LogP contribution in [0.3, 0.4) is 0 Å². The van der Waals surface area contributed by atoms with Crippen LogP contribution in [0.2, 0.25) is 0 Å². The van der Waals surface area contributed by atoms with E-state index in [4.69, 9.17) is 10.6 Å². The average Bonchev–Trinajstić information content (AvgIpc) is 2.86. The molecule has 0 bridgehead atoms. The van der Waals surface area contributed by atoms with E-state index >= 15 is 0 Å². The molecule has 104 valence electrons. The zero-order valence-electron chi connectivity index (χ0n) is 10.6. The third kappa shape index (κ3) is 2.99. The zero-order chi connectivity index (χ0) is 13.8. The summed E-state index contributed by atoms with van der Waals surface area (Å²) in [5, 5.41) is 2.80. The van der Waals surface area contributed by atoms with Gasteiger partial charge in [0.15, 0.2) is 11.6 Å². The van der Waals surface area contributed by atoms with E-state index < -0.39 is 11.7 Å². The van der Waals surface area contributed by atoms with Crippen LogP contribution in [0, 0.1) is 5.82 Å². The van der Waals surface area contributed by atoms with Gasteiger partial charge in [-0.3, -0.25) is 4.79 Å². The SMILES string of the molecule is COC1CCC(NC(=O)c2ccnc(NN)c2F)C1. The van der Waals surface area contributed by atoms with Gasteiger partial charge in [0.1, 0.15) is 0 Å². The number of hydrogen-bond acceptors (Lipinski definition) is 5. The smallest absolute Gasteiger partial charge is 0.254 e. The minimum absolute atomic E-state index is 0.0132. The van der Waals surface area contributed by atoms with Crippen molar-refractivity contribution < 1.29 is 13.9 Å². The Bertz CT molecular complexity index is 469. The highest BCUT2D eigenvalue weighted by molar-refractivity contribution is 5.95. The van der Waals surface area contributed by atoms with Crippen molar-refractivity contribution in [2.24, 2.45) is 5.84 Å². The summed E-state index contributed by atoms with van der Waals surface area (Å²) < 4.78 is 19.1. The molecule has 4 N–H and O–H groups in total. The molecule has 0 aliphatic heterocycles. The van der Waals surface area contributed by atoms with Gasteiger partial charge < -0.3 is 15.5 Å². The van der Waals surface area contributed by atoms with Crippen molar-refractivity contribution in [3.63, 3.8) is 0 Å². The summed E-state index contributed by atoms with van der Waals surface area (Å²) >= 11 is 0. The van der Waals surface area contributed by atoms with Crippen LogP contribution in [0.5, 0.6) is 0 Å². The van der Waals surface area contributed by atoms with Crippen LogP contribution in [0.15, 0.2) is 12.3 Å². The fraction of sp³-hybridized carbons (Fsp3) is 0.500. The summed E-state index contributed by atoms with van der Waals surface area (Å²) in [7, 11) is 1.65. The van der Waals surface area contributed by atoms with E-state index in [2.05, 4.69) is 15.7 Å². The van der Waals surface area contributed by atoms with Gasteiger partial charge in [-0.25, -0.2) is 15.2 Å². The number of halogens is 1. The first-order valence-corrected chi connectivity index (χ1v) is 6.10. The van der Waals surface area contributed by atoms with Crippen LogP contribution in [0.1, 0.15) is 29.6 Å². The Labute approximate surface area is 110 Å². The third-order valence-electron chi connectivity index (χ3n) is 3.32. The van der Waals surface area contributed by atoms with E-state index in [1.165, 1.54) is 12.3 Å². The number of nitrogen functional groups attached to an aromatic ring is 1. The van der Waals surface area contributed by atoms with Gasteiger partial charge in [0.25, 0.3) is 5.91 Å². The Kier molecular flexibility index (Phi) is 4.28.